The molecule has 2 N–H and O–H groups in total. The Kier molecular flexibility index (Phi) is 5.52. The SMILES string of the molecule is CCN1CCCC(CN)(N(C)Cc2ccccn2)CC1. The maximum absolute atomic E-state index is 6.17. The molecule has 0 saturated carbocycles. The normalized spacial score (nSPS) is 24.8. The van der Waals surface area contributed by atoms with Crippen molar-refractivity contribution in [1.82, 2.24) is 14.8 Å². The highest BCUT2D eigenvalue weighted by Gasteiger charge is 2.35. The van der Waals surface area contributed by atoms with Gasteiger partial charge in [0.15, 0.2) is 0 Å². The minimum Gasteiger partial charge on any atom is -0.329 e. The van der Waals surface area contributed by atoms with E-state index in [0.717, 1.165) is 38.3 Å². The van der Waals surface area contributed by atoms with E-state index in [0.29, 0.717) is 0 Å². The summed E-state index contributed by atoms with van der Waals surface area (Å²) in [6, 6.07) is 6.11. The molecular formula is C16H28N4. The Hall–Kier alpha value is -0.970. The Morgan fingerprint density at radius 2 is 2.20 bits per heavy atom. The van der Waals surface area contributed by atoms with Crippen molar-refractivity contribution in [2.75, 3.05) is 33.2 Å². The van der Waals surface area contributed by atoms with E-state index >= 15 is 0 Å². The first kappa shape index (κ1) is 15.4. The lowest BCUT2D eigenvalue weighted by Gasteiger charge is -2.40. The van der Waals surface area contributed by atoms with Gasteiger partial charge in [-0.25, -0.2) is 0 Å². The largest absolute Gasteiger partial charge is 0.329 e. The summed E-state index contributed by atoms with van der Waals surface area (Å²) in [5, 5.41) is 0. The number of pyridine rings is 1. The maximum Gasteiger partial charge on any atom is 0.0544 e. The van der Waals surface area contributed by atoms with Crippen LogP contribution in [0.3, 0.4) is 0 Å². The highest BCUT2D eigenvalue weighted by Crippen LogP contribution is 2.28. The quantitative estimate of drug-likeness (QED) is 0.889. The Morgan fingerprint density at radius 3 is 2.85 bits per heavy atom. The number of nitrogens with zero attached hydrogens (tertiary/aromatic N) is 3. The average Bonchev–Trinajstić information content (AvgIpc) is 2.71. The number of rotatable bonds is 5. The first-order valence-corrected chi connectivity index (χ1v) is 7.74. The molecule has 1 atom stereocenters. The lowest BCUT2D eigenvalue weighted by atomic mass is 9.88. The Bertz CT molecular complexity index is 395. The molecule has 2 rings (SSSR count). The fourth-order valence-electron chi connectivity index (χ4n) is 3.20. The molecule has 1 saturated heterocycles. The van der Waals surface area contributed by atoms with Crippen LogP contribution in [0.2, 0.25) is 0 Å². The number of aromatic nitrogens is 1. The van der Waals surface area contributed by atoms with E-state index in [2.05, 4.69) is 40.9 Å². The van der Waals surface area contributed by atoms with Gasteiger partial charge in [-0.3, -0.25) is 9.88 Å². The van der Waals surface area contributed by atoms with Crippen molar-refractivity contribution in [2.24, 2.45) is 5.73 Å². The van der Waals surface area contributed by atoms with Gasteiger partial charge in [-0.15, -0.1) is 0 Å². The molecule has 4 nitrogen and oxygen atoms in total. The molecule has 0 aliphatic carbocycles. The van der Waals surface area contributed by atoms with Gasteiger partial charge in [0.05, 0.1) is 5.69 Å². The van der Waals surface area contributed by atoms with Crippen LogP contribution in [0.25, 0.3) is 0 Å². The predicted molar refractivity (Wildman–Crippen MR) is 83.5 cm³/mol. The van der Waals surface area contributed by atoms with E-state index in [1.807, 2.05) is 12.3 Å². The van der Waals surface area contributed by atoms with Crippen molar-refractivity contribution in [3.63, 3.8) is 0 Å². The van der Waals surface area contributed by atoms with Crippen molar-refractivity contribution in [1.29, 1.82) is 0 Å². The van der Waals surface area contributed by atoms with Gasteiger partial charge in [0.25, 0.3) is 0 Å². The summed E-state index contributed by atoms with van der Waals surface area (Å²) >= 11 is 0. The molecule has 4 heteroatoms. The molecule has 20 heavy (non-hydrogen) atoms. The van der Waals surface area contributed by atoms with E-state index in [9.17, 15) is 0 Å². The van der Waals surface area contributed by atoms with E-state index in [-0.39, 0.29) is 5.54 Å². The molecule has 0 spiro atoms. The van der Waals surface area contributed by atoms with E-state index in [1.54, 1.807) is 0 Å². The molecule has 0 amide bonds. The second kappa shape index (κ2) is 7.16. The fraction of sp³-hybridized carbons (Fsp3) is 0.688. The van der Waals surface area contributed by atoms with Gasteiger partial charge >= 0.3 is 0 Å². The highest BCUT2D eigenvalue weighted by atomic mass is 15.2. The Balaban J connectivity index is 2.05. The molecule has 1 aliphatic heterocycles. The lowest BCUT2D eigenvalue weighted by molar-refractivity contribution is 0.0981. The molecule has 0 radical (unpaired) electrons. The summed E-state index contributed by atoms with van der Waals surface area (Å²) in [5.74, 6) is 0. The average molecular weight is 276 g/mol. The van der Waals surface area contributed by atoms with Crippen LogP contribution >= 0.6 is 0 Å². The van der Waals surface area contributed by atoms with Crippen LogP contribution in [-0.2, 0) is 6.54 Å². The highest BCUT2D eigenvalue weighted by molar-refractivity contribution is 5.05. The first-order valence-electron chi connectivity index (χ1n) is 7.74. The molecular weight excluding hydrogens is 248 g/mol. The molecule has 0 bridgehead atoms. The summed E-state index contributed by atoms with van der Waals surface area (Å²) in [7, 11) is 2.20. The summed E-state index contributed by atoms with van der Waals surface area (Å²) in [4.78, 5) is 9.40. The predicted octanol–water partition coefficient (Wildman–Crippen LogP) is 1.72. The van der Waals surface area contributed by atoms with Crippen LogP contribution in [0.5, 0.6) is 0 Å². The van der Waals surface area contributed by atoms with Crippen molar-refractivity contribution < 1.29 is 0 Å². The molecule has 1 aromatic heterocycles. The maximum atomic E-state index is 6.17. The zero-order chi connectivity index (χ0) is 14.4. The van der Waals surface area contributed by atoms with Crippen LogP contribution in [0.1, 0.15) is 31.9 Å². The summed E-state index contributed by atoms with van der Waals surface area (Å²) in [5.41, 5.74) is 7.42. The summed E-state index contributed by atoms with van der Waals surface area (Å²) in [6.45, 7) is 7.35. The lowest BCUT2D eigenvalue weighted by Crippen LogP contribution is -2.52. The van der Waals surface area contributed by atoms with Crippen LogP contribution in [0.4, 0.5) is 0 Å². The molecule has 1 unspecified atom stereocenters. The monoisotopic (exact) mass is 276 g/mol. The number of nitrogens with two attached hydrogens (primary N) is 1. The van der Waals surface area contributed by atoms with Gasteiger partial charge in [0.1, 0.15) is 0 Å². The summed E-state index contributed by atoms with van der Waals surface area (Å²) < 4.78 is 0. The number of likely N-dealkylation sites (N-methyl/N-ethyl adjacent to an activating group) is 1. The minimum atomic E-state index is 0.126. The smallest absolute Gasteiger partial charge is 0.0544 e. The zero-order valence-electron chi connectivity index (χ0n) is 12.9. The molecule has 1 aliphatic rings. The van der Waals surface area contributed by atoms with Crippen LogP contribution in [0.15, 0.2) is 24.4 Å². The second-order valence-corrected chi connectivity index (χ2v) is 5.89. The number of likely N-dealkylation sites (tertiary alicyclic amines) is 1. The van der Waals surface area contributed by atoms with E-state index in [1.165, 1.54) is 19.4 Å². The zero-order valence-corrected chi connectivity index (χ0v) is 12.9. The minimum absolute atomic E-state index is 0.126. The Morgan fingerprint density at radius 1 is 1.35 bits per heavy atom. The van der Waals surface area contributed by atoms with Gasteiger partial charge in [-0.1, -0.05) is 13.0 Å². The Labute approximate surface area is 123 Å². The van der Waals surface area contributed by atoms with Crippen molar-refractivity contribution in [3.05, 3.63) is 30.1 Å². The van der Waals surface area contributed by atoms with Crippen LogP contribution in [-0.4, -0.2) is 53.5 Å². The molecule has 1 fully saturated rings. The van der Waals surface area contributed by atoms with Gasteiger partial charge in [-0.2, -0.15) is 0 Å². The summed E-state index contributed by atoms with van der Waals surface area (Å²) in [6.07, 6.45) is 5.44. The molecule has 2 heterocycles. The van der Waals surface area contributed by atoms with Crippen molar-refractivity contribution >= 4 is 0 Å². The van der Waals surface area contributed by atoms with Crippen LogP contribution in [0, 0.1) is 0 Å². The number of hydrogen-bond donors (Lipinski definition) is 1. The van der Waals surface area contributed by atoms with Crippen molar-refractivity contribution in [3.8, 4) is 0 Å². The van der Waals surface area contributed by atoms with Gasteiger partial charge in [0, 0.05) is 24.8 Å². The number of hydrogen-bond acceptors (Lipinski definition) is 4. The molecule has 0 aromatic carbocycles. The third-order valence-electron chi connectivity index (χ3n) is 4.77. The first-order chi connectivity index (χ1) is 9.70. The third kappa shape index (κ3) is 3.57. The van der Waals surface area contributed by atoms with Gasteiger partial charge in [0.2, 0.25) is 0 Å². The topological polar surface area (TPSA) is 45.4 Å². The molecule has 1 aromatic rings. The van der Waals surface area contributed by atoms with E-state index in [4.69, 9.17) is 5.73 Å². The third-order valence-corrected chi connectivity index (χ3v) is 4.77. The fourth-order valence-corrected chi connectivity index (χ4v) is 3.20. The standard InChI is InChI=1S/C16H28N4/c1-3-20-11-6-8-16(14-17,9-12-20)19(2)13-15-7-4-5-10-18-15/h4-5,7,10H,3,6,8-9,11-14,17H2,1-2H3. The van der Waals surface area contributed by atoms with Gasteiger partial charge < -0.3 is 10.6 Å². The van der Waals surface area contributed by atoms with Crippen molar-refractivity contribution in [2.45, 2.75) is 38.3 Å². The van der Waals surface area contributed by atoms with Gasteiger partial charge in [-0.05, 0) is 58.1 Å². The van der Waals surface area contributed by atoms with Crippen LogP contribution < -0.4 is 5.73 Å². The van der Waals surface area contributed by atoms with E-state index < -0.39 is 0 Å². The second-order valence-electron chi connectivity index (χ2n) is 5.89. The molecule has 112 valence electrons.